The Morgan fingerprint density at radius 3 is 2.67 bits per heavy atom. The lowest BCUT2D eigenvalue weighted by Gasteiger charge is -2.18. The van der Waals surface area contributed by atoms with Gasteiger partial charge in [0.25, 0.3) is 5.91 Å². The van der Waals surface area contributed by atoms with Gasteiger partial charge in [0.1, 0.15) is 5.75 Å². The van der Waals surface area contributed by atoms with Crippen molar-refractivity contribution in [2.75, 3.05) is 6.61 Å². The lowest BCUT2D eigenvalue weighted by Crippen LogP contribution is -2.25. The molecule has 0 fully saturated rings. The number of carbonyl (C=O) groups is 1. The van der Waals surface area contributed by atoms with E-state index in [1.165, 1.54) is 6.07 Å². The predicted octanol–water partition coefficient (Wildman–Crippen LogP) is 5.44. The Morgan fingerprint density at radius 1 is 1.40 bits per heavy atom. The van der Waals surface area contributed by atoms with Crippen LogP contribution in [0.4, 0.5) is 5.69 Å². The Hall–Kier alpha value is -2.17. The van der Waals surface area contributed by atoms with Gasteiger partial charge in [-0.1, -0.05) is 41.4 Å². The summed E-state index contributed by atoms with van der Waals surface area (Å²) in [7, 11) is 0. The standard InChI is InChI=1S/C19H18Br2ClN3O5/c1-9(2)13-6-14(20)10(3)17(21)19(13)30-8-16(26)24-23-7-11-4-12(22)5-15(18(11)27)25(28)29/h4-7,9,27H,8H2,1-3H3,(H,24,26)/b23-7+. The van der Waals surface area contributed by atoms with E-state index in [-0.39, 0.29) is 23.1 Å². The number of aromatic hydroxyl groups is 1. The van der Waals surface area contributed by atoms with Gasteiger partial charge in [-0.25, -0.2) is 5.43 Å². The molecule has 0 aliphatic heterocycles. The fourth-order valence-corrected chi connectivity index (χ4v) is 3.96. The molecule has 11 heteroatoms. The number of hydrogen-bond acceptors (Lipinski definition) is 6. The van der Waals surface area contributed by atoms with Crippen molar-refractivity contribution in [2.45, 2.75) is 26.7 Å². The third-order valence-electron chi connectivity index (χ3n) is 4.07. The zero-order chi connectivity index (χ0) is 22.6. The lowest BCUT2D eigenvalue weighted by atomic mass is 10.0. The van der Waals surface area contributed by atoms with Crippen molar-refractivity contribution in [2.24, 2.45) is 5.10 Å². The molecule has 2 rings (SSSR count). The summed E-state index contributed by atoms with van der Waals surface area (Å²) < 4.78 is 7.38. The van der Waals surface area contributed by atoms with Crippen LogP contribution >= 0.6 is 43.5 Å². The Morgan fingerprint density at radius 2 is 2.07 bits per heavy atom. The first kappa shape index (κ1) is 24.1. The molecule has 1 amide bonds. The summed E-state index contributed by atoms with van der Waals surface area (Å²) in [5.41, 5.74) is 3.54. The number of carbonyl (C=O) groups excluding carboxylic acids is 1. The van der Waals surface area contributed by atoms with Crippen LogP contribution in [0.1, 0.15) is 36.5 Å². The maximum atomic E-state index is 12.1. The van der Waals surface area contributed by atoms with Gasteiger partial charge in [-0.3, -0.25) is 14.9 Å². The van der Waals surface area contributed by atoms with Gasteiger partial charge in [0.15, 0.2) is 6.61 Å². The Kier molecular flexibility index (Phi) is 8.22. The molecule has 0 saturated heterocycles. The summed E-state index contributed by atoms with van der Waals surface area (Å²) in [5.74, 6) is -0.428. The number of ether oxygens (including phenoxy) is 1. The van der Waals surface area contributed by atoms with Crippen molar-refractivity contribution in [1.82, 2.24) is 5.43 Å². The molecule has 0 radical (unpaired) electrons. The number of amides is 1. The molecule has 0 aromatic heterocycles. The zero-order valence-corrected chi connectivity index (χ0v) is 20.1. The van der Waals surface area contributed by atoms with Gasteiger partial charge in [0.05, 0.1) is 15.6 Å². The van der Waals surface area contributed by atoms with Gasteiger partial charge in [0, 0.05) is 21.1 Å². The molecule has 30 heavy (non-hydrogen) atoms. The van der Waals surface area contributed by atoms with E-state index in [1.54, 1.807) is 0 Å². The molecule has 0 spiro atoms. The van der Waals surface area contributed by atoms with Crippen molar-refractivity contribution in [3.63, 3.8) is 0 Å². The van der Waals surface area contributed by atoms with E-state index < -0.39 is 22.3 Å². The molecule has 2 aromatic rings. The summed E-state index contributed by atoms with van der Waals surface area (Å²) in [6, 6.07) is 4.25. The first-order valence-corrected chi connectivity index (χ1v) is 10.6. The molecule has 8 nitrogen and oxygen atoms in total. The number of hydrogen-bond donors (Lipinski definition) is 2. The highest BCUT2D eigenvalue weighted by Gasteiger charge is 2.19. The monoisotopic (exact) mass is 561 g/mol. The average molecular weight is 564 g/mol. The second-order valence-corrected chi connectivity index (χ2v) is 8.66. The largest absolute Gasteiger partial charge is 0.502 e. The van der Waals surface area contributed by atoms with Crippen LogP contribution in [0.15, 0.2) is 32.2 Å². The molecular weight excluding hydrogens is 545 g/mol. The number of nitrogens with one attached hydrogen (secondary N) is 1. The third kappa shape index (κ3) is 5.71. The van der Waals surface area contributed by atoms with Crippen LogP contribution < -0.4 is 10.2 Å². The molecular formula is C19H18Br2ClN3O5. The summed E-state index contributed by atoms with van der Waals surface area (Å²) in [5, 5.41) is 24.6. The molecule has 2 aromatic carbocycles. The molecule has 0 atom stereocenters. The SMILES string of the molecule is Cc1c(Br)cc(C(C)C)c(OCC(=O)N/N=C/c2cc(Cl)cc([N+](=O)[O-])c2O)c1Br. The van der Waals surface area contributed by atoms with Gasteiger partial charge in [-0.2, -0.15) is 5.10 Å². The second kappa shape index (κ2) is 10.2. The van der Waals surface area contributed by atoms with E-state index >= 15 is 0 Å². The molecule has 0 unspecified atom stereocenters. The van der Waals surface area contributed by atoms with E-state index in [9.17, 15) is 20.0 Å². The van der Waals surface area contributed by atoms with Crippen molar-refractivity contribution < 1.29 is 19.6 Å². The Labute approximate surface area is 194 Å². The number of phenols is 1. The lowest BCUT2D eigenvalue weighted by molar-refractivity contribution is -0.385. The smallest absolute Gasteiger partial charge is 0.312 e. The zero-order valence-electron chi connectivity index (χ0n) is 16.2. The van der Waals surface area contributed by atoms with Crippen molar-refractivity contribution in [1.29, 1.82) is 0 Å². The minimum absolute atomic E-state index is 0.0104. The van der Waals surface area contributed by atoms with Crippen LogP contribution in [0.2, 0.25) is 5.02 Å². The maximum absolute atomic E-state index is 12.1. The number of nitrogens with zero attached hydrogens (tertiary/aromatic N) is 2. The number of nitro groups is 1. The highest BCUT2D eigenvalue weighted by Crippen LogP contribution is 2.40. The molecule has 2 N–H and O–H groups in total. The van der Waals surface area contributed by atoms with Gasteiger partial charge < -0.3 is 9.84 Å². The average Bonchev–Trinajstić information content (AvgIpc) is 2.67. The van der Waals surface area contributed by atoms with E-state index in [0.717, 1.165) is 32.4 Å². The molecule has 0 aliphatic rings. The van der Waals surface area contributed by atoms with Crippen LogP contribution in [0.5, 0.6) is 11.5 Å². The summed E-state index contributed by atoms with van der Waals surface area (Å²) in [4.78, 5) is 22.3. The van der Waals surface area contributed by atoms with Crippen LogP contribution in [0.25, 0.3) is 0 Å². The fourth-order valence-electron chi connectivity index (χ4n) is 2.47. The number of hydrazone groups is 1. The molecule has 160 valence electrons. The van der Waals surface area contributed by atoms with Crippen molar-refractivity contribution in [3.05, 3.63) is 59.0 Å². The molecule has 0 heterocycles. The van der Waals surface area contributed by atoms with Crippen LogP contribution in [0, 0.1) is 17.0 Å². The first-order valence-electron chi connectivity index (χ1n) is 8.63. The van der Waals surface area contributed by atoms with Crippen LogP contribution in [-0.2, 0) is 4.79 Å². The van der Waals surface area contributed by atoms with Gasteiger partial charge in [-0.05, 0) is 52.0 Å². The highest BCUT2D eigenvalue weighted by molar-refractivity contribution is 9.11. The molecule has 0 bridgehead atoms. The normalized spacial score (nSPS) is 11.2. The van der Waals surface area contributed by atoms with Gasteiger partial charge in [-0.15, -0.1) is 0 Å². The van der Waals surface area contributed by atoms with E-state index in [4.69, 9.17) is 16.3 Å². The van der Waals surface area contributed by atoms with E-state index in [0.29, 0.717) is 5.75 Å². The first-order chi connectivity index (χ1) is 14.0. The van der Waals surface area contributed by atoms with Crippen LogP contribution in [-0.4, -0.2) is 28.8 Å². The summed E-state index contributed by atoms with van der Waals surface area (Å²) in [6.07, 6.45) is 1.06. The number of phenolic OH excluding ortho intramolecular Hbond substituents is 1. The molecule has 0 aliphatic carbocycles. The Balaban J connectivity index is 2.10. The van der Waals surface area contributed by atoms with Gasteiger partial charge in [0.2, 0.25) is 5.75 Å². The summed E-state index contributed by atoms with van der Waals surface area (Å²) >= 11 is 12.8. The van der Waals surface area contributed by atoms with E-state index in [2.05, 4.69) is 42.4 Å². The van der Waals surface area contributed by atoms with Crippen molar-refractivity contribution in [3.8, 4) is 11.5 Å². The quantitative estimate of drug-likeness (QED) is 0.265. The number of rotatable bonds is 7. The Bertz CT molecular complexity index is 1030. The number of benzene rings is 2. The number of nitro benzene ring substituents is 1. The predicted molar refractivity (Wildman–Crippen MR) is 122 cm³/mol. The molecule has 0 saturated carbocycles. The van der Waals surface area contributed by atoms with Crippen molar-refractivity contribution >= 4 is 61.3 Å². The number of halogens is 3. The van der Waals surface area contributed by atoms with Gasteiger partial charge >= 0.3 is 5.69 Å². The highest BCUT2D eigenvalue weighted by atomic mass is 79.9. The minimum Gasteiger partial charge on any atom is -0.502 e. The van der Waals surface area contributed by atoms with Crippen LogP contribution in [0.3, 0.4) is 0 Å². The summed E-state index contributed by atoms with van der Waals surface area (Å²) in [6.45, 7) is 5.62. The maximum Gasteiger partial charge on any atom is 0.312 e. The third-order valence-corrected chi connectivity index (χ3v) is 6.07. The topological polar surface area (TPSA) is 114 Å². The van der Waals surface area contributed by atoms with E-state index in [1.807, 2.05) is 26.8 Å². The minimum atomic E-state index is -0.769. The fraction of sp³-hybridized carbons (Fsp3) is 0.263. The second-order valence-electron chi connectivity index (χ2n) is 6.57.